The molecule has 1 aliphatic carbocycles. The van der Waals surface area contributed by atoms with Crippen molar-refractivity contribution < 1.29 is 0 Å². The number of nitrogens with one attached hydrogen (secondary N) is 1. The lowest BCUT2D eigenvalue weighted by Gasteiger charge is -2.26. The molecule has 0 spiro atoms. The number of hydrogen-bond donors (Lipinski definition) is 1. The third-order valence-corrected chi connectivity index (χ3v) is 3.04. The predicted octanol–water partition coefficient (Wildman–Crippen LogP) is 3.04. The highest BCUT2D eigenvalue weighted by Gasteiger charge is 2.37. The van der Waals surface area contributed by atoms with Crippen LogP contribution >= 0.6 is 11.6 Å². The summed E-state index contributed by atoms with van der Waals surface area (Å²) in [5, 5.41) is 3.74. The first kappa shape index (κ1) is 10.7. The first-order valence-corrected chi connectivity index (χ1v) is 5.64. The minimum atomic E-state index is 0.101. The average molecular weight is 226 g/mol. The molecule has 0 atom stereocenters. The number of aromatic nitrogens is 2. The van der Waals surface area contributed by atoms with E-state index in [4.69, 9.17) is 11.6 Å². The molecule has 15 heavy (non-hydrogen) atoms. The molecule has 0 bridgehead atoms. The molecule has 0 unspecified atom stereocenters. The number of anilines is 1. The van der Waals surface area contributed by atoms with Gasteiger partial charge in [-0.15, -0.1) is 0 Å². The largest absolute Gasteiger partial charge is 0.365 e. The number of rotatable bonds is 3. The van der Waals surface area contributed by atoms with E-state index in [-0.39, 0.29) is 5.54 Å². The van der Waals surface area contributed by atoms with Crippen LogP contribution in [0.25, 0.3) is 0 Å². The smallest absolute Gasteiger partial charge is 0.224 e. The second-order valence-corrected chi connectivity index (χ2v) is 5.12. The van der Waals surface area contributed by atoms with Gasteiger partial charge in [0.2, 0.25) is 5.28 Å². The summed E-state index contributed by atoms with van der Waals surface area (Å²) < 4.78 is 0. The van der Waals surface area contributed by atoms with Crippen molar-refractivity contribution in [1.29, 1.82) is 0 Å². The molecule has 0 saturated heterocycles. The summed E-state index contributed by atoms with van der Waals surface area (Å²) in [6.07, 6.45) is 2.61. The lowest BCUT2D eigenvalue weighted by molar-refractivity contribution is 0.492. The molecule has 0 radical (unpaired) electrons. The summed E-state index contributed by atoms with van der Waals surface area (Å²) >= 11 is 5.81. The van der Waals surface area contributed by atoms with Crippen molar-refractivity contribution in [1.82, 2.24) is 9.97 Å². The first-order chi connectivity index (χ1) is 6.97. The van der Waals surface area contributed by atoms with Gasteiger partial charge < -0.3 is 5.32 Å². The van der Waals surface area contributed by atoms with E-state index < -0.39 is 0 Å². The van der Waals surface area contributed by atoms with E-state index in [1.165, 1.54) is 12.8 Å². The molecule has 0 aliphatic heterocycles. The maximum Gasteiger partial charge on any atom is 0.224 e. The van der Waals surface area contributed by atoms with E-state index in [0.29, 0.717) is 5.28 Å². The van der Waals surface area contributed by atoms with Crippen LogP contribution in [0.15, 0.2) is 6.07 Å². The van der Waals surface area contributed by atoms with Crippen LogP contribution in [0.1, 0.15) is 32.4 Å². The normalized spacial score (nSPS) is 16.5. The first-order valence-electron chi connectivity index (χ1n) is 5.27. The van der Waals surface area contributed by atoms with E-state index in [1.54, 1.807) is 0 Å². The molecule has 1 aromatic rings. The highest BCUT2D eigenvalue weighted by Crippen LogP contribution is 2.40. The van der Waals surface area contributed by atoms with Crippen LogP contribution in [0.5, 0.6) is 0 Å². The molecule has 0 amide bonds. The molecule has 1 aromatic heterocycles. The average Bonchev–Trinajstić information content (AvgIpc) is 2.80. The third kappa shape index (κ3) is 2.59. The van der Waals surface area contributed by atoms with Crippen molar-refractivity contribution >= 4 is 17.4 Å². The van der Waals surface area contributed by atoms with Gasteiger partial charge in [0.05, 0.1) is 0 Å². The van der Waals surface area contributed by atoms with Crippen molar-refractivity contribution in [2.75, 3.05) is 5.32 Å². The van der Waals surface area contributed by atoms with Gasteiger partial charge in [-0.05, 0) is 51.1 Å². The van der Waals surface area contributed by atoms with Crippen LogP contribution in [0.2, 0.25) is 5.28 Å². The number of hydrogen-bond acceptors (Lipinski definition) is 3. The topological polar surface area (TPSA) is 37.8 Å². The highest BCUT2D eigenvalue weighted by molar-refractivity contribution is 6.28. The van der Waals surface area contributed by atoms with Crippen LogP contribution in [0.3, 0.4) is 0 Å². The van der Waals surface area contributed by atoms with Gasteiger partial charge in [0.25, 0.3) is 0 Å². The zero-order valence-electron chi connectivity index (χ0n) is 9.34. The van der Waals surface area contributed by atoms with Crippen molar-refractivity contribution in [3.05, 3.63) is 17.0 Å². The summed E-state index contributed by atoms with van der Waals surface area (Å²) in [7, 11) is 0. The molecule has 1 aliphatic rings. The van der Waals surface area contributed by atoms with E-state index in [1.807, 2.05) is 13.0 Å². The molecule has 4 heteroatoms. The van der Waals surface area contributed by atoms with Crippen molar-refractivity contribution in [2.24, 2.45) is 5.92 Å². The van der Waals surface area contributed by atoms with Gasteiger partial charge in [-0.2, -0.15) is 0 Å². The van der Waals surface area contributed by atoms with E-state index in [0.717, 1.165) is 17.4 Å². The second-order valence-electron chi connectivity index (χ2n) is 4.78. The fourth-order valence-electron chi connectivity index (χ4n) is 1.83. The Morgan fingerprint density at radius 1 is 1.40 bits per heavy atom. The Hall–Kier alpha value is -0.830. The van der Waals surface area contributed by atoms with Gasteiger partial charge in [-0.25, -0.2) is 9.97 Å². The minimum Gasteiger partial charge on any atom is -0.365 e. The summed E-state index contributed by atoms with van der Waals surface area (Å²) in [6.45, 7) is 6.33. The van der Waals surface area contributed by atoms with E-state index >= 15 is 0 Å². The van der Waals surface area contributed by atoms with E-state index in [2.05, 4.69) is 29.1 Å². The molecule has 3 nitrogen and oxygen atoms in total. The van der Waals surface area contributed by atoms with Crippen LogP contribution in [-0.4, -0.2) is 15.5 Å². The zero-order chi connectivity index (χ0) is 11.1. The summed E-state index contributed by atoms with van der Waals surface area (Å²) in [5.41, 5.74) is 0.994. The fourth-order valence-corrected chi connectivity index (χ4v) is 2.06. The quantitative estimate of drug-likeness (QED) is 0.804. The van der Waals surface area contributed by atoms with Crippen LogP contribution < -0.4 is 5.32 Å². The Morgan fingerprint density at radius 3 is 2.60 bits per heavy atom. The molecule has 82 valence electrons. The van der Waals surface area contributed by atoms with Crippen LogP contribution in [0, 0.1) is 12.8 Å². The Morgan fingerprint density at radius 2 is 2.07 bits per heavy atom. The Balaban J connectivity index is 2.16. The van der Waals surface area contributed by atoms with Crippen molar-refractivity contribution in [3.63, 3.8) is 0 Å². The predicted molar refractivity (Wildman–Crippen MR) is 62.2 cm³/mol. The molecular weight excluding hydrogens is 210 g/mol. The molecule has 1 heterocycles. The van der Waals surface area contributed by atoms with Crippen molar-refractivity contribution in [3.8, 4) is 0 Å². The van der Waals surface area contributed by atoms with Gasteiger partial charge in [-0.1, -0.05) is 0 Å². The summed E-state index contributed by atoms with van der Waals surface area (Å²) in [5.74, 6) is 1.58. The standard InChI is InChI=1S/C11H16ClN3/c1-7-6-9(14-10(12)13-7)15-11(2,3)8-4-5-8/h6,8H,4-5H2,1-3H3,(H,13,14,15). The Kier molecular flexibility index (Phi) is 2.59. The maximum absolute atomic E-state index is 5.81. The Labute approximate surface area is 95.3 Å². The number of aryl methyl sites for hydroxylation is 1. The highest BCUT2D eigenvalue weighted by atomic mass is 35.5. The lowest BCUT2D eigenvalue weighted by Crippen LogP contribution is -2.33. The SMILES string of the molecule is Cc1cc(NC(C)(C)C2CC2)nc(Cl)n1. The molecule has 0 aromatic carbocycles. The molecular formula is C11H16ClN3. The van der Waals surface area contributed by atoms with Crippen LogP contribution in [-0.2, 0) is 0 Å². The molecule has 2 rings (SSSR count). The van der Waals surface area contributed by atoms with Crippen LogP contribution in [0.4, 0.5) is 5.82 Å². The number of halogens is 1. The molecule has 1 fully saturated rings. The van der Waals surface area contributed by atoms with Crippen molar-refractivity contribution in [2.45, 2.75) is 39.2 Å². The summed E-state index contributed by atoms with van der Waals surface area (Å²) in [6, 6.07) is 1.93. The lowest BCUT2D eigenvalue weighted by atomic mass is 9.99. The summed E-state index contributed by atoms with van der Waals surface area (Å²) in [4.78, 5) is 8.21. The van der Waals surface area contributed by atoms with Gasteiger partial charge in [0, 0.05) is 17.3 Å². The van der Waals surface area contributed by atoms with E-state index in [9.17, 15) is 0 Å². The number of nitrogens with zero attached hydrogens (tertiary/aromatic N) is 2. The molecule has 1 N–H and O–H groups in total. The Bertz CT molecular complexity index is 352. The third-order valence-electron chi connectivity index (χ3n) is 2.88. The zero-order valence-corrected chi connectivity index (χ0v) is 10.1. The maximum atomic E-state index is 5.81. The van der Waals surface area contributed by atoms with Gasteiger partial charge >= 0.3 is 0 Å². The monoisotopic (exact) mass is 225 g/mol. The fraction of sp³-hybridized carbons (Fsp3) is 0.636. The second kappa shape index (κ2) is 3.63. The van der Waals surface area contributed by atoms with Gasteiger partial charge in [0.15, 0.2) is 0 Å². The molecule has 1 saturated carbocycles. The minimum absolute atomic E-state index is 0.101. The van der Waals surface area contributed by atoms with Gasteiger partial charge in [-0.3, -0.25) is 0 Å². The van der Waals surface area contributed by atoms with Gasteiger partial charge in [0.1, 0.15) is 5.82 Å².